The molecule has 132 valence electrons. The fourth-order valence-electron chi connectivity index (χ4n) is 2.90. The highest BCUT2D eigenvalue weighted by atomic mass is 35.5. The molecule has 0 aliphatic carbocycles. The van der Waals surface area contributed by atoms with Gasteiger partial charge in [0.05, 0.1) is 13.7 Å². The lowest BCUT2D eigenvalue weighted by molar-refractivity contribution is -0.136. The zero-order valence-electron chi connectivity index (χ0n) is 14.0. The molecule has 1 amide bonds. The molecule has 25 heavy (non-hydrogen) atoms. The standard InChI is InChI=1S/C19H20ClFN2O2/c1-25-17-6-2-14(3-7-17)11-23-9-8-22(13-19(23)24)12-15-4-5-16(21)10-18(15)20/h2-7,10H,8-9,11-13H2,1H3. The number of nitrogens with zero attached hydrogens (tertiary/aromatic N) is 2. The maximum Gasteiger partial charge on any atom is 0.237 e. The number of rotatable bonds is 5. The molecule has 6 heteroatoms. The van der Waals surface area contributed by atoms with Crippen molar-refractivity contribution in [3.63, 3.8) is 0 Å². The van der Waals surface area contributed by atoms with E-state index >= 15 is 0 Å². The summed E-state index contributed by atoms with van der Waals surface area (Å²) in [5, 5.41) is 0.396. The Hall–Kier alpha value is -2.11. The van der Waals surface area contributed by atoms with Gasteiger partial charge in [-0.1, -0.05) is 29.8 Å². The van der Waals surface area contributed by atoms with E-state index in [4.69, 9.17) is 16.3 Å². The van der Waals surface area contributed by atoms with Gasteiger partial charge >= 0.3 is 0 Å². The molecular formula is C19H20ClFN2O2. The zero-order valence-corrected chi connectivity index (χ0v) is 14.8. The summed E-state index contributed by atoms with van der Waals surface area (Å²) >= 11 is 6.07. The number of hydrogen-bond donors (Lipinski definition) is 0. The number of benzene rings is 2. The molecule has 0 aromatic heterocycles. The predicted molar refractivity (Wildman–Crippen MR) is 95.1 cm³/mol. The molecule has 1 heterocycles. The third-order valence-electron chi connectivity index (χ3n) is 4.34. The number of hydrogen-bond acceptors (Lipinski definition) is 3. The monoisotopic (exact) mass is 362 g/mol. The van der Waals surface area contributed by atoms with E-state index in [1.54, 1.807) is 13.2 Å². The molecule has 0 spiro atoms. The van der Waals surface area contributed by atoms with E-state index in [1.165, 1.54) is 12.1 Å². The first kappa shape index (κ1) is 17.7. The van der Waals surface area contributed by atoms with Crippen molar-refractivity contribution in [2.75, 3.05) is 26.7 Å². The van der Waals surface area contributed by atoms with Crippen LogP contribution in [0.2, 0.25) is 5.02 Å². The lowest BCUT2D eigenvalue weighted by atomic mass is 10.1. The van der Waals surface area contributed by atoms with E-state index in [-0.39, 0.29) is 11.7 Å². The van der Waals surface area contributed by atoms with E-state index in [0.29, 0.717) is 31.2 Å². The van der Waals surface area contributed by atoms with Gasteiger partial charge in [0.25, 0.3) is 0 Å². The largest absolute Gasteiger partial charge is 0.497 e. The van der Waals surface area contributed by atoms with Gasteiger partial charge in [-0.2, -0.15) is 0 Å². The Kier molecular flexibility index (Phi) is 5.56. The molecule has 2 aromatic rings. The first-order valence-corrected chi connectivity index (χ1v) is 8.50. The highest BCUT2D eigenvalue weighted by molar-refractivity contribution is 6.31. The molecule has 3 rings (SSSR count). The van der Waals surface area contributed by atoms with Gasteiger partial charge in [0, 0.05) is 31.2 Å². The van der Waals surface area contributed by atoms with Crippen molar-refractivity contribution in [1.82, 2.24) is 9.80 Å². The average molecular weight is 363 g/mol. The summed E-state index contributed by atoms with van der Waals surface area (Å²) in [7, 11) is 1.63. The minimum Gasteiger partial charge on any atom is -0.497 e. The second-order valence-corrected chi connectivity index (χ2v) is 6.52. The molecule has 1 saturated heterocycles. The molecule has 0 atom stereocenters. The number of ether oxygens (including phenoxy) is 1. The first-order chi connectivity index (χ1) is 12.0. The second kappa shape index (κ2) is 7.85. The fraction of sp³-hybridized carbons (Fsp3) is 0.316. The summed E-state index contributed by atoms with van der Waals surface area (Å²) in [6.45, 7) is 2.89. The highest BCUT2D eigenvalue weighted by Gasteiger charge is 2.24. The van der Waals surface area contributed by atoms with Crippen LogP contribution in [0.4, 0.5) is 4.39 Å². The van der Waals surface area contributed by atoms with Gasteiger partial charge in [-0.3, -0.25) is 9.69 Å². The van der Waals surface area contributed by atoms with E-state index in [9.17, 15) is 9.18 Å². The molecule has 0 unspecified atom stereocenters. The van der Waals surface area contributed by atoms with Crippen LogP contribution < -0.4 is 4.74 Å². The Morgan fingerprint density at radius 2 is 1.88 bits per heavy atom. The van der Waals surface area contributed by atoms with Crippen molar-refractivity contribution in [1.29, 1.82) is 0 Å². The summed E-state index contributed by atoms with van der Waals surface area (Å²) in [6, 6.07) is 12.1. The lowest BCUT2D eigenvalue weighted by Gasteiger charge is -2.34. The normalized spacial score (nSPS) is 15.5. The molecule has 1 aliphatic heterocycles. The van der Waals surface area contributed by atoms with Crippen LogP contribution in [-0.2, 0) is 17.9 Å². The van der Waals surface area contributed by atoms with Crippen LogP contribution in [0.1, 0.15) is 11.1 Å². The summed E-state index contributed by atoms with van der Waals surface area (Å²) in [6.07, 6.45) is 0. The van der Waals surface area contributed by atoms with Crippen LogP contribution in [0.5, 0.6) is 5.75 Å². The van der Waals surface area contributed by atoms with Gasteiger partial charge in [-0.05, 0) is 35.4 Å². The van der Waals surface area contributed by atoms with Gasteiger partial charge < -0.3 is 9.64 Å². The molecule has 1 aliphatic rings. The third kappa shape index (κ3) is 4.50. The van der Waals surface area contributed by atoms with Crippen molar-refractivity contribution in [3.8, 4) is 5.75 Å². The maximum atomic E-state index is 13.1. The molecule has 2 aromatic carbocycles. The Labute approximate surface area is 151 Å². The second-order valence-electron chi connectivity index (χ2n) is 6.11. The summed E-state index contributed by atoms with van der Waals surface area (Å²) < 4.78 is 18.3. The highest BCUT2D eigenvalue weighted by Crippen LogP contribution is 2.20. The Morgan fingerprint density at radius 1 is 1.12 bits per heavy atom. The summed E-state index contributed by atoms with van der Waals surface area (Å²) in [4.78, 5) is 16.3. The van der Waals surface area contributed by atoms with Gasteiger partial charge in [-0.25, -0.2) is 4.39 Å². The molecule has 0 bridgehead atoms. The van der Waals surface area contributed by atoms with Crippen LogP contribution in [0.25, 0.3) is 0 Å². The quantitative estimate of drug-likeness (QED) is 0.818. The van der Waals surface area contributed by atoms with Crippen molar-refractivity contribution in [3.05, 3.63) is 64.4 Å². The number of amides is 1. The van der Waals surface area contributed by atoms with E-state index in [2.05, 4.69) is 0 Å². The SMILES string of the molecule is COc1ccc(CN2CCN(Cc3ccc(F)cc3Cl)CC2=O)cc1. The minimum atomic E-state index is -0.353. The maximum absolute atomic E-state index is 13.1. The number of halogens is 2. The molecule has 0 N–H and O–H groups in total. The smallest absolute Gasteiger partial charge is 0.237 e. The fourth-order valence-corrected chi connectivity index (χ4v) is 3.13. The molecule has 1 fully saturated rings. The molecule has 0 saturated carbocycles. The van der Waals surface area contributed by atoms with E-state index < -0.39 is 0 Å². The Balaban J connectivity index is 1.57. The van der Waals surface area contributed by atoms with Crippen LogP contribution >= 0.6 is 11.6 Å². The van der Waals surface area contributed by atoms with Gasteiger partial charge in [0.15, 0.2) is 0 Å². The van der Waals surface area contributed by atoms with Crippen LogP contribution in [-0.4, -0.2) is 42.5 Å². The Bertz CT molecular complexity index is 752. The zero-order chi connectivity index (χ0) is 17.8. The Morgan fingerprint density at radius 3 is 2.52 bits per heavy atom. The van der Waals surface area contributed by atoms with Crippen molar-refractivity contribution >= 4 is 17.5 Å². The van der Waals surface area contributed by atoms with Crippen molar-refractivity contribution in [2.24, 2.45) is 0 Å². The van der Waals surface area contributed by atoms with Crippen molar-refractivity contribution in [2.45, 2.75) is 13.1 Å². The summed E-state index contributed by atoms with van der Waals surface area (Å²) in [5.41, 5.74) is 1.91. The minimum absolute atomic E-state index is 0.0836. The van der Waals surface area contributed by atoms with Crippen molar-refractivity contribution < 1.29 is 13.9 Å². The summed E-state index contributed by atoms with van der Waals surface area (Å²) in [5.74, 6) is 0.533. The molecule has 4 nitrogen and oxygen atoms in total. The average Bonchev–Trinajstić information content (AvgIpc) is 2.60. The number of piperazine rings is 1. The van der Waals surface area contributed by atoms with Crippen LogP contribution in [0, 0.1) is 5.82 Å². The topological polar surface area (TPSA) is 32.8 Å². The third-order valence-corrected chi connectivity index (χ3v) is 4.69. The lowest BCUT2D eigenvalue weighted by Crippen LogP contribution is -2.49. The number of carbonyl (C=O) groups excluding carboxylic acids is 1. The predicted octanol–water partition coefficient (Wildman–Crippen LogP) is 3.33. The van der Waals surface area contributed by atoms with Crippen LogP contribution in [0.15, 0.2) is 42.5 Å². The molecule has 0 radical (unpaired) electrons. The van der Waals surface area contributed by atoms with Gasteiger partial charge in [0.2, 0.25) is 5.91 Å². The number of carbonyl (C=O) groups is 1. The van der Waals surface area contributed by atoms with E-state index in [0.717, 1.165) is 23.4 Å². The van der Waals surface area contributed by atoms with Gasteiger partial charge in [0.1, 0.15) is 11.6 Å². The molecular weight excluding hydrogens is 343 g/mol. The van der Waals surface area contributed by atoms with Crippen LogP contribution in [0.3, 0.4) is 0 Å². The number of methoxy groups -OCH3 is 1. The van der Waals surface area contributed by atoms with Gasteiger partial charge in [-0.15, -0.1) is 0 Å². The first-order valence-electron chi connectivity index (χ1n) is 8.12. The van der Waals surface area contributed by atoms with E-state index in [1.807, 2.05) is 34.1 Å².